The first-order chi connectivity index (χ1) is 15.1. The number of morpholine rings is 1. The third-order valence-electron chi connectivity index (χ3n) is 5.81. The number of nitrogens with zero attached hydrogens (tertiary/aromatic N) is 5. The van der Waals surface area contributed by atoms with Crippen molar-refractivity contribution in [2.24, 2.45) is 0 Å². The number of anilines is 2. The number of aryl methyl sites for hydroxylation is 1. The lowest BCUT2D eigenvalue weighted by atomic mass is 9.86. The topological polar surface area (TPSA) is 85.2 Å². The number of fused-ring (bicyclic) bond motifs is 1. The van der Waals surface area contributed by atoms with Crippen molar-refractivity contribution in [2.45, 2.75) is 24.2 Å². The summed E-state index contributed by atoms with van der Waals surface area (Å²) in [6, 6.07) is 12.2. The van der Waals surface area contributed by atoms with Gasteiger partial charge in [-0.05, 0) is 43.0 Å². The van der Waals surface area contributed by atoms with Crippen LogP contribution in [0.1, 0.15) is 29.2 Å². The number of benzene rings is 1. The van der Waals surface area contributed by atoms with Gasteiger partial charge in [-0.25, -0.2) is 0 Å². The minimum atomic E-state index is -0.0333. The van der Waals surface area contributed by atoms with Crippen LogP contribution in [0, 0.1) is 6.92 Å². The van der Waals surface area contributed by atoms with Gasteiger partial charge in [0.15, 0.2) is 11.6 Å². The summed E-state index contributed by atoms with van der Waals surface area (Å²) in [4.78, 5) is 15.9. The Kier molecular flexibility index (Phi) is 5.37. The van der Waals surface area contributed by atoms with Crippen molar-refractivity contribution in [1.82, 2.24) is 20.0 Å². The number of aromatic nitrogens is 4. The van der Waals surface area contributed by atoms with Crippen LogP contribution in [0.2, 0.25) is 0 Å². The Bertz CT molecular complexity index is 1090. The Hall–Kier alpha value is -2.91. The maximum Gasteiger partial charge on any atom is 0.226 e. The van der Waals surface area contributed by atoms with Gasteiger partial charge >= 0.3 is 0 Å². The van der Waals surface area contributed by atoms with E-state index in [0.29, 0.717) is 31.3 Å². The number of hydrogen-bond acceptors (Lipinski definition) is 7. The average molecular weight is 437 g/mol. The van der Waals surface area contributed by atoms with Crippen molar-refractivity contribution in [1.29, 1.82) is 0 Å². The molecule has 0 spiro atoms. The number of thioether (sulfide) groups is 1. The summed E-state index contributed by atoms with van der Waals surface area (Å²) in [5.41, 5.74) is 3.04. The largest absolute Gasteiger partial charge is 0.378 e. The van der Waals surface area contributed by atoms with Crippen molar-refractivity contribution in [3.05, 3.63) is 53.2 Å². The van der Waals surface area contributed by atoms with Crippen LogP contribution < -0.4 is 10.2 Å². The van der Waals surface area contributed by atoms with Gasteiger partial charge < -0.3 is 15.0 Å². The van der Waals surface area contributed by atoms with Gasteiger partial charge in [0.25, 0.3) is 0 Å². The third kappa shape index (κ3) is 3.79. The zero-order valence-corrected chi connectivity index (χ0v) is 18.4. The molecule has 1 amide bonds. The van der Waals surface area contributed by atoms with Crippen LogP contribution in [-0.4, -0.2) is 58.4 Å². The van der Waals surface area contributed by atoms with Crippen molar-refractivity contribution < 1.29 is 9.53 Å². The molecular formula is C22H24N6O2S. The first-order valence-corrected chi connectivity index (χ1v) is 11.6. The van der Waals surface area contributed by atoms with Gasteiger partial charge in [-0.15, -0.1) is 22.0 Å². The highest BCUT2D eigenvalue weighted by atomic mass is 32.2. The van der Waals surface area contributed by atoms with E-state index in [0.717, 1.165) is 35.7 Å². The summed E-state index contributed by atoms with van der Waals surface area (Å²) >= 11 is 1.70. The second-order valence-electron chi connectivity index (χ2n) is 7.69. The van der Waals surface area contributed by atoms with Crippen LogP contribution in [0.5, 0.6) is 0 Å². The average Bonchev–Trinajstić information content (AvgIpc) is 3.15. The highest BCUT2D eigenvalue weighted by Gasteiger charge is 2.33. The first kappa shape index (κ1) is 20.0. The maximum absolute atomic E-state index is 12.6. The molecule has 3 aromatic rings. The molecule has 31 heavy (non-hydrogen) atoms. The molecule has 1 atom stereocenters. The van der Waals surface area contributed by atoms with Gasteiger partial charge in [-0.3, -0.25) is 4.79 Å². The molecule has 1 fully saturated rings. The summed E-state index contributed by atoms with van der Waals surface area (Å²) in [5, 5.41) is 16.5. The van der Waals surface area contributed by atoms with E-state index in [-0.39, 0.29) is 11.8 Å². The van der Waals surface area contributed by atoms with Crippen LogP contribution in [0.15, 0.2) is 41.3 Å². The fraction of sp³-hybridized carbons (Fsp3) is 0.364. The molecular weight excluding hydrogens is 412 g/mol. The highest BCUT2D eigenvalue weighted by Crippen LogP contribution is 2.40. The molecule has 2 aliphatic heterocycles. The van der Waals surface area contributed by atoms with Gasteiger partial charge in [0.2, 0.25) is 5.91 Å². The van der Waals surface area contributed by atoms with Crippen LogP contribution in [0.4, 0.5) is 11.6 Å². The number of ether oxygens (including phenoxy) is 1. The molecule has 2 aliphatic rings. The Morgan fingerprint density at radius 3 is 2.45 bits per heavy atom. The van der Waals surface area contributed by atoms with Gasteiger partial charge in [0.1, 0.15) is 5.82 Å². The molecule has 0 bridgehead atoms. The molecule has 5 rings (SSSR count). The summed E-state index contributed by atoms with van der Waals surface area (Å²) in [7, 11) is 0. The second-order valence-corrected chi connectivity index (χ2v) is 8.57. The smallest absolute Gasteiger partial charge is 0.226 e. The molecule has 8 nitrogen and oxygen atoms in total. The van der Waals surface area contributed by atoms with E-state index in [9.17, 15) is 4.79 Å². The quantitative estimate of drug-likeness (QED) is 0.629. The van der Waals surface area contributed by atoms with Gasteiger partial charge in [-0.1, -0.05) is 12.1 Å². The predicted octanol–water partition coefficient (Wildman–Crippen LogP) is 3.00. The lowest BCUT2D eigenvalue weighted by Gasteiger charge is -2.27. The lowest BCUT2D eigenvalue weighted by molar-refractivity contribution is -0.116. The molecule has 0 unspecified atom stereocenters. The zero-order valence-electron chi connectivity index (χ0n) is 17.5. The van der Waals surface area contributed by atoms with E-state index in [1.54, 1.807) is 16.4 Å². The van der Waals surface area contributed by atoms with Crippen LogP contribution in [-0.2, 0) is 9.53 Å². The molecule has 0 saturated carbocycles. The van der Waals surface area contributed by atoms with Crippen molar-refractivity contribution in [3.8, 4) is 5.82 Å². The molecule has 160 valence electrons. The maximum atomic E-state index is 12.6. The summed E-state index contributed by atoms with van der Waals surface area (Å²) in [6.07, 6.45) is 2.46. The number of carbonyl (C=O) groups is 1. The fourth-order valence-electron chi connectivity index (χ4n) is 4.23. The van der Waals surface area contributed by atoms with E-state index in [4.69, 9.17) is 9.84 Å². The fourth-order valence-corrected chi connectivity index (χ4v) is 4.63. The molecule has 4 heterocycles. The minimum Gasteiger partial charge on any atom is -0.378 e. The number of rotatable bonds is 4. The van der Waals surface area contributed by atoms with Gasteiger partial charge in [-0.2, -0.15) is 9.78 Å². The predicted molar refractivity (Wildman–Crippen MR) is 120 cm³/mol. The minimum absolute atomic E-state index is 0.0227. The third-order valence-corrected chi connectivity index (χ3v) is 6.55. The molecule has 0 aliphatic carbocycles. The number of hydrogen-bond donors (Lipinski definition) is 1. The van der Waals surface area contributed by atoms with Gasteiger partial charge in [0.05, 0.1) is 18.9 Å². The van der Waals surface area contributed by atoms with Crippen LogP contribution in [0.25, 0.3) is 5.82 Å². The summed E-state index contributed by atoms with van der Waals surface area (Å²) in [5.74, 6) is 2.03. The van der Waals surface area contributed by atoms with E-state index in [1.165, 1.54) is 4.90 Å². The monoisotopic (exact) mass is 436 g/mol. The number of carbonyl (C=O) groups excluding carboxylic acids is 1. The normalized spacial score (nSPS) is 18.6. The lowest BCUT2D eigenvalue weighted by Crippen LogP contribution is -2.36. The van der Waals surface area contributed by atoms with Crippen molar-refractivity contribution >= 4 is 29.3 Å². The first-order valence-electron chi connectivity index (χ1n) is 10.3. The standard InChI is InChI=1S/C22H24N6O2S/c1-14-21-17(15-3-5-16(31-2)6-4-15)13-20(29)23-22(21)28(26-14)19-8-7-18(24-25-19)27-9-11-30-12-10-27/h3-8,17H,9-13H2,1-2H3,(H,23,29)/t17-/m1/s1. The zero-order chi connectivity index (χ0) is 21.4. The highest BCUT2D eigenvalue weighted by molar-refractivity contribution is 7.98. The van der Waals surface area contributed by atoms with E-state index < -0.39 is 0 Å². The Morgan fingerprint density at radius 1 is 1.06 bits per heavy atom. The SMILES string of the molecule is CSc1ccc([C@H]2CC(=O)Nc3c2c(C)nn3-c2ccc(N3CCOCC3)nn2)cc1. The van der Waals surface area contributed by atoms with E-state index in [1.807, 2.05) is 19.1 Å². The second kappa shape index (κ2) is 8.32. The van der Waals surface area contributed by atoms with E-state index in [2.05, 4.69) is 50.9 Å². The Balaban J connectivity index is 1.50. The molecule has 1 saturated heterocycles. The van der Waals surface area contributed by atoms with E-state index >= 15 is 0 Å². The number of nitrogens with one attached hydrogen (secondary N) is 1. The molecule has 0 radical (unpaired) electrons. The molecule has 1 N–H and O–H groups in total. The molecule has 1 aromatic carbocycles. The van der Waals surface area contributed by atoms with Crippen molar-refractivity contribution in [2.75, 3.05) is 42.8 Å². The summed E-state index contributed by atoms with van der Waals surface area (Å²) < 4.78 is 7.10. The Labute approximate surface area is 185 Å². The molecule has 2 aromatic heterocycles. The summed E-state index contributed by atoms with van der Waals surface area (Å²) in [6.45, 7) is 4.97. The molecule has 9 heteroatoms. The number of amides is 1. The van der Waals surface area contributed by atoms with Gasteiger partial charge in [0, 0.05) is 35.9 Å². The van der Waals surface area contributed by atoms with Crippen LogP contribution in [0.3, 0.4) is 0 Å². The van der Waals surface area contributed by atoms with Crippen molar-refractivity contribution in [3.63, 3.8) is 0 Å². The Morgan fingerprint density at radius 2 is 1.77 bits per heavy atom. The van der Waals surface area contributed by atoms with Crippen LogP contribution >= 0.6 is 11.8 Å².